The van der Waals surface area contributed by atoms with Crippen LogP contribution in [0.3, 0.4) is 0 Å². The molecule has 0 unspecified atom stereocenters. The van der Waals surface area contributed by atoms with Gasteiger partial charge in [-0.05, 0) is 6.07 Å². The van der Waals surface area contributed by atoms with Crippen molar-refractivity contribution in [3.05, 3.63) is 30.5 Å². The van der Waals surface area contributed by atoms with Crippen molar-refractivity contribution in [2.45, 2.75) is 6.54 Å². The van der Waals surface area contributed by atoms with Crippen LogP contribution < -0.4 is 5.73 Å². The Morgan fingerprint density at radius 1 is 1.58 bits per heavy atom. The van der Waals surface area contributed by atoms with E-state index in [1.54, 1.807) is 23.5 Å². The number of nitrogens with zero attached hydrogens (tertiary/aromatic N) is 3. The molecular formula is C7H8N4O. The lowest BCUT2D eigenvalue weighted by atomic mass is 10.3. The van der Waals surface area contributed by atoms with Gasteiger partial charge in [-0.2, -0.15) is 0 Å². The van der Waals surface area contributed by atoms with Crippen LogP contribution in [-0.4, -0.2) is 14.8 Å². The molecular weight excluding hydrogens is 156 g/mol. The third-order valence-corrected chi connectivity index (χ3v) is 1.48. The van der Waals surface area contributed by atoms with Gasteiger partial charge < -0.3 is 10.2 Å². The van der Waals surface area contributed by atoms with Crippen molar-refractivity contribution in [3.63, 3.8) is 0 Å². The Morgan fingerprint density at radius 3 is 3.08 bits per heavy atom. The highest BCUT2D eigenvalue weighted by Crippen LogP contribution is 2.02. The third kappa shape index (κ3) is 1.29. The van der Waals surface area contributed by atoms with E-state index in [9.17, 15) is 0 Å². The summed E-state index contributed by atoms with van der Waals surface area (Å²) >= 11 is 0. The molecule has 2 heterocycles. The topological polar surface area (TPSA) is 69.9 Å². The van der Waals surface area contributed by atoms with E-state index in [1.807, 2.05) is 6.07 Å². The Bertz CT molecular complexity index is 351. The van der Waals surface area contributed by atoms with Gasteiger partial charge in [-0.3, -0.25) is 0 Å². The number of nitrogen functional groups attached to an aromatic ring is 1. The second-order valence-electron chi connectivity index (χ2n) is 2.43. The normalized spacial score (nSPS) is 10.3. The second-order valence-corrected chi connectivity index (χ2v) is 2.43. The number of hydrogen-bond acceptors (Lipinski definition) is 4. The van der Waals surface area contributed by atoms with Crippen LogP contribution in [0.4, 0.5) is 5.95 Å². The van der Waals surface area contributed by atoms with E-state index < -0.39 is 0 Å². The monoisotopic (exact) mass is 164 g/mol. The minimum Gasteiger partial charge on any atom is -0.472 e. The molecule has 2 N–H and O–H groups in total. The summed E-state index contributed by atoms with van der Waals surface area (Å²) in [7, 11) is 0. The minimum absolute atomic E-state index is 0.290. The molecule has 0 saturated carbocycles. The molecule has 2 rings (SSSR count). The molecule has 0 saturated heterocycles. The lowest BCUT2D eigenvalue weighted by Gasteiger charge is -1.93. The van der Waals surface area contributed by atoms with Gasteiger partial charge in [0.1, 0.15) is 6.33 Å². The molecule has 0 atom stereocenters. The summed E-state index contributed by atoms with van der Waals surface area (Å²) in [6.45, 7) is 0.640. The summed E-state index contributed by atoms with van der Waals surface area (Å²) < 4.78 is 6.55. The van der Waals surface area contributed by atoms with Crippen molar-refractivity contribution in [1.29, 1.82) is 0 Å². The van der Waals surface area contributed by atoms with Gasteiger partial charge >= 0.3 is 0 Å². The maximum atomic E-state index is 5.34. The van der Waals surface area contributed by atoms with Crippen LogP contribution in [0, 0.1) is 0 Å². The lowest BCUT2D eigenvalue weighted by Crippen LogP contribution is -1.99. The fraction of sp³-hybridized carbons (Fsp3) is 0.143. The second kappa shape index (κ2) is 2.69. The van der Waals surface area contributed by atoms with E-state index in [0.29, 0.717) is 12.5 Å². The summed E-state index contributed by atoms with van der Waals surface area (Å²) in [5, 5.41) is 3.93. The van der Waals surface area contributed by atoms with Gasteiger partial charge in [-0.25, -0.2) is 9.67 Å². The summed E-state index contributed by atoms with van der Waals surface area (Å²) in [5.41, 5.74) is 6.38. The Hall–Kier alpha value is -1.78. The zero-order valence-electron chi connectivity index (χ0n) is 6.34. The highest BCUT2D eigenvalue weighted by atomic mass is 16.3. The van der Waals surface area contributed by atoms with Gasteiger partial charge in [-0.15, -0.1) is 5.10 Å². The molecule has 0 radical (unpaired) electrons. The van der Waals surface area contributed by atoms with E-state index in [4.69, 9.17) is 10.2 Å². The van der Waals surface area contributed by atoms with Crippen LogP contribution in [0.1, 0.15) is 5.56 Å². The maximum absolute atomic E-state index is 5.34. The van der Waals surface area contributed by atoms with E-state index in [0.717, 1.165) is 5.56 Å². The van der Waals surface area contributed by atoms with Crippen molar-refractivity contribution in [2.75, 3.05) is 5.73 Å². The van der Waals surface area contributed by atoms with Crippen LogP contribution in [0.2, 0.25) is 0 Å². The maximum Gasteiger partial charge on any atom is 0.239 e. The summed E-state index contributed by atoms with van der Waals surface area (Å²) in [4.78, 5) is 3.80. The molecule has 2 aromatic heterocycles. The molecule has 2 aromatic rings. The van der Waals surface area contributed by atoms with Crippen molar-refractivity contribution < 1.29 is 4.42 Å². The fourth-order valence-electron chi connectivity index (χ4n) is 0.955. The van der Waals surface area contributed by atoms with Gasteiger partial charge in [0.2, 0.25) is 5.95 Å². The third-order valence-electron chi connectivity index (χ3n) is 1.48. The molecule has 0 bridgehead atoms. The number of anilines is 1. The summed E-state index contributed by atoms with van der Waals surface area (Å²) in [6, 6.07) is 1.87. The zero-order chi connectivity index (χ0) is 8.39. The quantitative estimate of drug-likeness (QED) is 0.701. The number of hydrogen-bond donors (Lipinski definition) is 1. The van der Waals surface area contributed by atoms with E-state index in [-0.39, 0.29) is 0 Å². The van der Waals surface area contributed by atoms with Gasteiger partial charge in [0.05, 0.1) is 19.1 Å². The summed E-state index contributed by atoms with van der Waals surface area (Å²) in [5.74, 6) is 0.290. The molecule has 12 heavy (non-hydrogen) atoms. The van der Waals surface area contributed by atoms with Crippen LogP contribution in [0.25, 0.3) is 0 Å². The van der Waals surface area contributed by atoms with Crippen LogP contribution in [-0.2, 0) is 6.54 Å². The first kappa shape index (κ1) is 6.90. The molecule has 0 aliphatic carbocycles. The van der Waals surface area contributed by atoms with E-state index in [1.165, 1.54) is 0 Å². The molecule has 62 valence electrons. The first-order valence-corrected chi connectivity index (χ1v) is 3.50. The number of furan rings is 1. The largest absolute Gasteiger partial charge is 0.472 e. The predicted octanol–water partition coefficient (Wildman–Crippen LogP) is 0.502. The molecule has 0 spiro atoms. The zero-order valence-corrected chi connectivity index (χ0v) is 6.34. The summed E-state index contributed by atoms with van der Waals surface area (Å²) in [6.07, 6.45) is 4.87. The molecule has 0 aliphatic heterocycles. The SMILES string of the molecule is Nc1ncn(Cc2ccoc2)n1. The number of nitrogens with two attached hydrogens (primary N) is 1. The van der Waals surface area contributed by atoms with Gasteiger partial charge in [0.15, 0.2) is 0 Å². The smallest absolute Gasteiger partial charge is 0.239 e. The predicted molar refractivity (Wildman–Crippen MR) is 42.2 cm³/mol. The Balaban J connectivity index is 2.14. The molecule has 5 nitrogen and oxygen atoms in total. The molecule has 0 aliphatic rings. The number of rotatable bonds is 2. The Kier molecular flexibility index (Phi) is 1.55. The molecule has 0 amide bonds. The van der Waals surface area contributed by atoms with Crippen LogP contribution in [0.15, 0.2) is 29.3 Å². The molecule has 5 heteroatoms. The molecule has 0 fully saturated rings. The molecule has 0 aromatic carbocycles. The highest BCUT2D eigenvalue weighted by molar-refractivity contribution is 5.11. The first-order chi connectivity index (χ1) is 5.84. The Labute approximate surface area is 68.8 Å². The van der Waals surface area contributed by atoms with Crippen molar-refractivity contribution in [1.82, 2.24) is 14.8 Å². The van der Waals surface area contributed by atoms with Crippen molar-refractivity contribution >= 4 is 5.95 Å². The van der Waals surface area contributed by atoms with E-state index >= 15 is 0 Å². The first-order valence-electron chi connectivity index (χ1n) is 3.50. The van der Waals surface area contributed by atoms with Crippen LogP contribution >= 0.6 is 0 Å². The average Bonchev–Trinajstić information content (AvgIpc) is 2.63. The average molecular weight is 164 g/mol. The highest BCUT2D eigenvalue weighted by Gasteiger charge is 1.98. The van der Waals surface area contributed by atoms with Gasteiger partial charge in [-0.1, -0.05) is 0 Å². The minimum atomic E-state index is 0.290. The number of aromatic nitrogens is 3. The van der Waals surface area contributed by atoms with Crippen LogP contribution in [0.5, 0.6) is 0 Å². The van der Waals surface area contributed by atoms with Crippen molar-refractivity contribution in [2.24, 2.45) is 0 Å². The lowest BCUT2D eigenvalue weighted by molar-refractivity contribution is 0.559. The Morgan fingerprint density at radius 2 is 2.50 bits per heavy atom. The fourth-order valence-corrected chi connectivity index (χ4v) is 0.955. The van der Waals surface area contributed by atoms with Gasteiger partial charge in [0, 0.05) is 5.56 Å². The van der Waals surface area contributed by atoms with Gasteiger partial charge in [0.25, 0.3) is 0 Å². The standard InChI is InChI=1S/C7H8N4O/c8-7-9-5-11(10-7)3-6-1-2-12-4-6/h1-2,4-5H,3H2,(H2,8,10). The van der Waals surface area contributed by atoms with Crippen molar-refractivity contribution in [3.8, 4) is 0 Å². The van der Waals surface area contributed by atoms with E-state index in [2.05, 4.69) is 10.1 Å².